The highest BCUT2D eigenvalue weighted by atomic mass is 16.8. The zero-order valence-electron chi connectivity index (χ0n) is 15.3. The first-order chi connectivity index (χ1) is 12.5. The molecule has 0 N–H and O–H groups in total. The minimum absolute atomic E-state index is 0.164. The van der Waals surface area contributed by atoms with Crippen LogP contribution in [-0.4, -0.2) is 63.2 Å². The van der Waals surface area contributed by atoms with Gasteiger partial charge in [0.25, 0.3) is 0 Å². The summed E-state index contributed by atoms with van der Waals surface area (Å²) in [4.78, 5) is 26.1. The Morgan fingerprint density at radius 1 is 0.731 bits per heavy atom. The highest BCUT2D eigenvalue weighted by Gasteiger charge is 2.81. The van der Waals surface area contributed by atoms with Gasteiger partial charge in [-0.15, -0.1) is 0 Å². The number of rotatable bonds is 4. The van der Waals surface area contributed by atoms with Crippen molar-refractivity contribution in [3.8, 4) is 0 Å². The average Bonchev–Trinajstić information content (AvgIpc) is 3.28. The molecule has 8 heteroatoms. The quantitative estimate of drug-likeness (QED) is 0.681. The number of ether oxygens (including phenoxy) is 6. The van der Waals surface area contributed by atoms with E-state index in [9.17, 15) is 9.59 Å². The normalized spacial score (nSPS) is 36.5. The van der Waals surface area contributed by atoms with Gasteiger partial charge in [0.2, 0.25) is 0 Å². The lowest BCUT2D eigenvalue weighted by Crippen LogP contribution is -2.75. The molecular formula is C18H26O8. The van der Waals surface area contributed by atoms with Gasteiger partial charge in [-0.3, -0.25) is 9.59 Å². The van der Waals surface area contributed by atoms with E-state index in [1.54, 1.807) is 13.8 Å². The summed E-state index contributed by atoms with van der Waals surface area (Å²) in [5.74, 6) is -3.16. The molecular weight excluding hydrogens is 344 g/mol. The van der Waals surface area contributed by atoms with E-state index < -0.39 is 22.4 Å². The fourth-order valence-electron chi connectivity index (χ4n) is 5.25. The molecule has 2 heterocycles. The molecule has 146 valence electrons. The molecule has 2 aliphatic heterocycles. The van der Waals surface area contributed by atoms with E-state index in [-0.39, 0.29) is 38.0 Å². The lowest BCUT2D eigenvalue weighted by Gasteiger charge is -2.63. The molecule has 5 aliphatic rings. The molecule has 0 radical (unpaired) electrons. The molecule has 3 aliphatic carbocycles. The lowest BCUT2D eigenvalue weighted by molar-refractivity contribution is -0.377. The molecule has 8 nitrogen and oxygen atoms in total. The van der Waals surface area contributed by atoms with Crippen LogP contribution in [0.1, 0.15) is 39.5 Å². The summed E-state index contributed by atoms with van der Waals surface area (Å²) in [6.45, 7) is 5.53. The summed E-state index contributed by atoms with van der Waals surface area (Å²) in [5, 5.41) is 0. The topological polar surface area (TPSA) is 89.5 Å². The van der Waals surface area contributed by atoms with Crippen molar-refractivity contribution in [2.45, 2.75) is 51.1 Å². The number of carbonyl (C=O) groups is 2. The molecule has 2 saturated heterocycles. The summed E-state index contributed by atoms with van der Waals surface area (Å²) < 4.78 is 34.8. The SMILES string of the molecule is CCOC(=O)[C@]12CC[C@](C(=O)OCC)(CC13OCCO3)C1(C2)OCCO1. The van der Waals surface area contributed by atoms with Crippen LogP contribution in [0, 0.1) is 10.8 Å². The molecule has 26 heavy (non-hydrogen) atoms. The minimum Gasteiger partial charge on any atom is -0.465 e. The van der Waals surface area contributed by atoms with Gasteiger partial charge >= 0.3 is 11.9 Å². The summed E-state index contributed by atoms with van der Waals surface area (Å²) in [7, 11) is 0. The molecule has 0 amide bonds. The molecule has 0 aromatic carbocycles. The van der Waals surface area contributed by atoms with Gasteiger partial charge in [-0.25, -0.2) is 0 Å². The first-order valence-electron chi connectivity index (χ1n) is 9.40. The first kappa shape index (κ1) is 18.2. The third-order valence-electron chi connectivity index (χ3n) is 6.35. The standard InChI is InChI=1S/C18H26O8/c1-3-21-13(19)15-5-6-16(14(20)22-4-2,12-17(15)23-7-8-24-17)18(11-15)25-9-10-26-18/h3-12H2,1-2H3/t15-,16-/m1/s1. The Morgan fingerprint density at radius 2 is 1.08 bits per heavy atom. The van der Waals surface area contributed by atoms with Crippen molar-refractivity contribution in [1.82, 2.24) is 0 Å². The zero-order chi connectivity index (χ0) is 18.5. The second kappa shape index (κ2) is 6.15. The Bertz CT molecular complexity index is 540. The summed E-state index contributed by atoms with van der Waals surface area (Å²) in [6, 6.07) is 0. The van der Waals surface area contributed by atoms with Crippen molar-refractivity contribution >= 4 is 11.9 Å². The smallest absolute Gasteiger partial charge is 0.317 e. The van der Waals surface area contributed by atoms with Crippen LogP contribution < -0.4 is 0 Å². The van der Waals surface area contributed by atoms with E-state index in [1.807, 2.05) is 0 Å². The highest BCUT2D eigenvalue weighted by molar-refractivity contribution is 5.84. The van der Waals surface area contributed by atoms with E-state index in [0.717, 1.165) is 0 Å². The van der Waals surface area contributed by atoms with Crippen molar-refractivity contribution < 1.29 is 38.0 Å². The molecule has 0 aromatic heterocycles. The van der Waals surface area contributed by atoms with Crippen LogP contribution in [0.2, 0.25) is 0 Å². The van der Waals surface area contributed by atoms with Crippen molar-refractivity contribution in [1.29, 1.82) is 0 Å². The van der Waals surface area contributed by atoms with Crippen LogP contribution >= 0.6 is 0 Å². The predicted octanol–water partition coefficient (Wildman–Crippen LogP) is 1.16. The molecule has 0 aromatic rings. The predicted molar refractivity (Wildman–Crippen MR) is 85.9 cm³/mol. The Labute approximate surface area is 152 Å². The summed E-state index contributed by atoms with van der Waals surface area (Å²) in [5.41, 5.74) is -2.11. The van der Waals surface area contributed by atoms with Gasteiger partial charge in [0.05, 0.1) is 39.6 Å². The third kappa shape index (κ3) is 2.10. The fraction of sp³-hybridized carbons (Fsp3) is 0.889. The third-order valence-corrected chi connectivity index (χ3v) is 6.35. The van der Waals surface area contributed by atoms with Gasteiger partial charge in [-0.1, -0.05) is 0 Å². The Hall–Kier alpha value is -1.22. The average molecular weight is 370 g/mol. The van der Waals surface area contributed by atoms with E-state index in [4.69, 9.17) is 28.4 Å². The van der Waals surface area contributed by atoms with E-state index in [1.165, 1.54) is 0 Å². The van der Waals surface area contributed by atoms with E-state index >= 15 is 0 Å². The van der Waals surface area contributed by atoms with Crippen LogP contribution in [0.4, 0.5) is 0 Å². The lowest BCUT2D eigenvalue weighted by atomic mass is 9.47. The van der Waals surface area contributed by atoms with Crippen LogP contribution in [0.15, 0.2) is 0 Å². The van der Waals surface area contributed by atoms with Crippen molar-refractivity contribution in [3.63, 3.8) is 0 Å². The van der Waals surface area contributed by atoms with Gasteiger partial charge < -0.3 is 28.4 Å². The first-order valence-corrected chi connectivity index (χ1v) is 9.40. The molecule has 3 saturated carbocycles. The van der Waals surface area contributed by atoms with E-state index in [0.29, 0.717) is 39.3 Å². The highest BCUT2D eigenvalue weighted by Crippen LogP contribution is 2.70. The maximum Gasteiger partial charge on any atom is 0.317 e. The number of fused-ring (bicyclic) bond motifs is 1. The summed E-state index contributed by atoms with van der Waals surface area (Å²) in [6.07, 6.45) is 1.13. The number of esters is 2. The van der Waals surface area contributed by atoms with Gasteiger partial charge in [0.1, 0.15) is 10.8 Å². The van der Waals surface area contributed by atoms with Gasteiger partial charge in [0.15, 0.2) is 11.6 Å². The Kier molecular flexibility index (Phi) is 4.30. The number of hydrogen-bond acceptors (Lipinski definition) is 8. The van der Waals surface area contributed by atoms with Gasteiger partial charge in [0, 0.05) is 12.8 Å². The van der Waals surface area contributed by atoms with Crippen LogP contribution in [0.3, 0.4) is 0 Å². The molecule has 2 bridgehead atoms. The fourth-order valence-corrected chi connectivity index (χ4v) is 5.25. The van der Waals surface area contributed by atoms with Crippen molar-refractivity contribution in [3.05, 3.63) is 0 Å². The zero-order valence-corrected chi connectivity index (χ0v) is 15.3. The number of carbonyl (C=O) groups excluding carboxylic acids is 2. The van der Waals surface area contributed by atoms with Crippen LogP contribution in [-0.2, 0) is 38.0 Å². The van der Waals surface area contributed by atoms with Crippen LogP contribution in [0.5, 0.6) is 0 Å². The second-order valence-electron chi connectivity index (χ2n) is 7.36. The molecule has 5 rings (SSSR count). The maximum atomic E-state index is 13.1. The Morgan fingerprint density at radius 3 is 1.38 bits per heavy atom. The van der Waals surface area contributed by atoms with Crippen molar-refractivity contribution in [2.24, 2.45) is 10.8 Å². The second-order valence-corrected chi connectivity index (χ2v) is 7.36. The van der Waals surface area contributed by atoms with Gasteiger partial charge in [-0.2, -0.15) is 0 Å². The summed E-state index contributed by atoms with van der Waals surface area (Å²) >= 11 is 0. The maximum absolute atomic E-state index is 13.1. The molecule has 2 atom stereocenters. The minimum atomic E-state index is -1.20. The van der Waals surface area contributed by atoms with Gasteiger partial charge in [-0.05, 0) is 26.7 Å². The monoisotopic (exact) mass is 370 g/mol. The molecule has 5 fully saturated rings. The molecule has 0 unspecified atom stereocenters. The van der Waals surface area contributed by atoms with Crippen LogP contribution in [0.25, 0.3) is 0 Å². The van der Waals surface area contributed by atoms with Crippen molar-refractivity contribution in [2.75, 3.05) is 39.6 Å². The largest absolute Gasteiger partial charge is 0.465 e. The molecule has 2 spiro atoms. The van der Waals surface area contributed by atoms with E-state index in [2.05, 4.69) is 0 Å². The Balaban J connectivity index is 1.82. The number of hydrogen-bond donors (Lipinski definition) is 0.